The van der Waals surface area contributed by atoms with Crippen LogP contribution in [0.25, 0.3) is 72.2 Å². The van der Waals surface area contributed by atoms with Crippen LogP contribution in [-0.4, -0.2) is 14.5 Å². The number of nitrogens with zero attached hydrogens (tertiary/aromatic N) is 3. The number of para-hydroxylation sites is 1. The van der Waals surface area contributed by atoms with Crippen LogP contribution in [0.4, 0.5) is 0 Å². The number of rotatable bonds is 4. The van der Waals surface area contributed by atoms with Crippen LogP contribution >= 0.6 is 0 Å². The van der Waals surface area contributed by atoms with Gasteiger partial charge in [-0.2, -0.15) is 0 Å². The van der Waals surface area contributed by atoms with Gasteiger partial charge in [0.05, 0.1) is 16.9 Å². The Kier molecular flexibility index (Phi) is 5.46. The molecule has 2 heterocycles. The third-order valence-corrected chi connectivity index (χ3v) is 7.77. The van der Waals surface area contributed by atoms with Crippen molar-refractivity contribution in [2.24, 2.45) is 0 Å². The Morgan fingerprint density at radius 1 is 0.415 bits per heavy atom. The van der Waals surface area contributed by atoms with Crippen molar-refractivity contribution in [3.63, 3.8) is 0 Å². The second-order valence-electron chi connectivity index (χ2n) is 10.3. The highest BCUT2D eigenvalue weighted by Gasteiger charge is 2.20. The largest absolute Gasteiger partial charge is 0.293 e. The quantitative estimate of drug-likeness (QED) is 0.230. The van der Waals surface area contributed by atoms with Gasteiger partial charge in [0, 0.05) is 22.2 Å². The van der Waals surface area contributed by atoms with Gasteiger partial charge in [-0.3, -0.25) is 4.57 Å². The van der Waals surface area contributed by atoms with Gasteiger partial charge >= 0.3 is 0 Å². The molecule has 0 aliphatic rings. The zero-order chi connectivity index (χ0) is 27.2. The molecule has 8 rings (SSSR count). The molecule has 8 aromatic rings. The average molecular weight is 524 g/mol. The van der Waals surface area contributed by atoms with E-state index in [0.29, 0.717) is 0 Å². The summed E-state index contributed by atoms with van der Waals surface area (Å²) in [6.45, 7) is 0. The topological polar surface area (TPSA) is 30.7 Å². The first kappa shape index (κ1) is 23.4. The van der Waals surface area contributed by atoms with E-state index in [-0.39, 0.29) is 0 Å². The smallest absolute Gasteiger partial charge is 0.165 e. The molecule has 3 nitrogen and oxygen atoms in total. The minimum absolute atomic E-state index is 0.848. The zero-order valence-electron chi connectivity index (χ0n) is 22.3. The van der Waals surface area contributed by atoms with Gasteiger partial charge in [-0.05, 0) is 52.2 Å². The molecule has 0 aliphatic carbocycles. The summed E-state index contributed by atoms with van der Waals surface area (Å²) in [7, 11) is 0. The Morgan fingerprint density at radius 2 is 0.976 bits per heavy atom. The molecule has 0 fully saturated rings. The fourth-order valence-electron chi connectivity index (χ4n) is 5.78. The summed E-state index contributed by atoms with van der Waals surface area (Å²) in [5.74, 6) is 0. The zero-order valence-corrected chi connectivity index (χ0v) is 22.3. The summed E-state index contributed by atoms with van der Waals surface area (Å²) in [5, 5.41) is 3.55. The van der Waals surface area contributed by atoms with Crippen LogP contribution in [0, 0.1) is 0 Å². The summed E-state index contributed by atoms with van der Waals surface area (Å²) < 4.78 is 2.24. The second-order valence-corrected chi connectivity index (χ2v) is 10.3. The number of hydrogen-bond acceptors (Lipinski definition) is 2. The van der Waals surface area contributed by atoms with E-state index in [0.717, 1.165) is 55.8 Å². The fraction of sp³-hybridized carbons (Fsp3) is 0. The lowest BCUT2D eigenvalue weighted by Gasteiger charge is -2.11. The third-order valence-electron chi connectivity index (χ3n) is 7.77. The van der Waals surface area contributed by atoms with Crippen molar-refractivity contribution in [1.82, 2.24) is 14.5 Å². The molecule has 0 atom stereocenters. The molecule has 41 heavy (non-hydrogen) atoms. The molecule has 0 bridgehead atoms. The van der Waals surface area contributed by atoms with Crippen LogP contribution in [0.15, 0.2) is 152 Å². The first-order chi connectivity index (χ1) is 20.3. The van der Waals surface area contributed by atoms with E-state index in [9.17, 15) is 0 Å². The van der Waals surface area contributed by atoms with Crippen LogP contribution in [-0.2, 0) is 0 Å². The van der Waals surface area contributed by atoms with E-state index in [1.54, 1.807) is 0 Å². The highest BCUT2D eigenvalue weighted by molar-refractivity contribution is 6.08. The minimum Gasteiger partial charge on any atom is -0.293 e. The van der Waals surface area contributed by atoms with Crippen molar-refractivity contribution in [1.29, 1.82) is 0 Å². The van der Waals surface area contributed by atoms with Gasteiger partial charge in [-0.25, -0.2) is 9.97 Å². The van der Waals surface area contributed by atoms with Gasteiger partial charge in [-0.1, -0.05) is 121 Å². The molecule has 3 heteroatoms. The van der Waals surface area contributed by atoms with Crippen molar-refractivity contribution >= 4 is 32.8 Å². The molecule has 192 valence electrons. The fourth-order valence-corrected chi connectivity index (χ4v) is 5.78. The van der Waals surface area contributed by atoms with Gasteiger partial charge in [0.15, 0.2) is 5.65 Å². The molecule has 0 radical (unpaired) electrons. The van der Waals surface area contributed by atoms with Crippen molar-refractivity contribution in [2.45, 2.75) is 0 Å². The molecule has 0 amide bonds. The van der Waals surface area contributed by atoms with Crippen LogP contribution in [0.2, 0.25) is 0 Å². The summed E-state index contributed by atoms with van der Waals surface area (Å²) >= 11 is 0. The third kappa shape index (κ3) is 3.98. The number of aromatic nitrogens is 3. The maximum Gasteiger partial charge on any atom is 0.165 e. The lowest BCUT2D eigenvalue weighted by atomic mass is 10.00. The van der Waals surface area contributed by atoms with Crippen molar-refractivity contribution in [3.8, 4) is 39.3 Å². The number of benzene rings is 6. The highest BCUT2D eigenvalue weighted by atomic mass is 15.1. The lowest BCUT2D eigenvalue weighted by molar-refractivity contribution is 1.13. The first-order valence-electron chi connectivity index (χ1n) is 13.9. The van der Waals surface area contributed by atoms with Gasteiger partial charge in [0.25, 0.3) is 0 Å². The van der Waals surface area contributed by atoms with Crippen LogP contribution in [0.1, 0.15) is 0 Å². The van der Waals surface area contributed by atoms with E-state index in [4.69, 9.17) is 9.97 Å². The van der Waals surface area contributed by atoms with Crippen LogP contribution in [0.3, 0.4) is 0 Å². The molecule has 2 aromatic heterocycles. The molecule has 0 unspecified atom stereocenters. The van der Waals surface area contributed by atoms with Crippen LogP contribution < -0.4 is 0 Å². The normalized spacial score (nSPS) is 11.4. The predicted molar refractivity (Wildman–Crippen MR) is 170 cm³/mol. The summed E-state index contributed by atoms with van der Waals surface area (Å²) in [4.78, 5) is 10.8. The minimum atomic E-state index is 0.848. The standard InChI is InChI=1S/C38H25N3/c1-4-13-27(14-5-1)35-36(28-15-6-2-7-16-28)40-38-37(39-35)33-25-31(30-21-20-26-12-10-11-17-29(26)24-30)22-23-34(33)41(38)32-18-8-3-9-19-32/h1-25H. The maximum atomic E-state index is 5.40. The highest BCUT2D eigenvalue weighted by Crippen LogP contribution is 2.38. The van der Waals surface area contributed by atoms with E-state index in [1.807, 2.05) is 18.2 Å². The van der Waals surface area contributed by atoms with E-state index < -0.39 is 0 Å². The molecule has 0 N–H and O–H groups in total. The predicted octanol–water partition coefficient (Wildman–Crippen LogP) is 9.73. The Morgan fingerprint density at radius 3 is 1.68 bits per heavy atom. The Labute approximate surface area is 238 Å². The molecule has 0 saturated heterocycles. The second kappa shape index (κ2) is 9.58. The summed E-state index contributed by atoms with van der Waals surface area (Å²) in [6.07, 6.45) is 0. The van der Waals surface area contributed by atoms with E-state index in [2.05, 4.69) is 138 Å². The molecule has 6 aromatic carbocycles. The summed E-state index contributed by atoms with van der Waals surface area (Å²) in [6, 6.07) is 53.0. The van der Waals surface area contributed by atoms with Crippen LogP contribution in [0.5, 0.6) is 0 Å². The first-order valence-corrected chi connectivity index (χ1v) is 13.9. The molecule has 0 saturated carbocycles. The van der Waals surface area contributed by atoms with E-state index >= 15 is 0 Å². The van der Waals surface area contributed by atoms with Gasteiger partial charge in [0.2, 0.25) is 0 Å². The Bertz CT molecular complexity index is 2180. The van der Waals surface area contributed by atoms with Crippen molar-refractivity contribution in [2.75, 3.05) is 0 Å². The molecule has 0 spiro atoms. The lowest BCUT2D eigenvalue weighted by Crippen LogP contribution is -1.99. The monoisotopic (exact) mass is 523 g/mol. The molecule has 0 aliphatic heterocycles. The van der Waals surface area contributed by atoms with E-state index in [1.165, 1.54) is 16.3 Å². The Balaban J connectivity index is 1.46. The van der Waals surface area contributed by atoms with Gasteiger partial charge in [0.1, 0.15) is 5.52 Å². The SMILES string of the molecule is c1ccc(-c2nc3c4cc(-c5ccc6ccccc6c5)ccc4n(-c4ccccc4)c3nc2-c2ccccc2)cc1. The molecular weight excluding hydrogens is 498 g/mol. The number of hydrogen-bond donors (Lipinski definition) is 0. The number of fused-ring (bicyclic) bond motifs is 4. The molecular formula is C38H25N3. The van der Waals surface area contributed by atoms with Gasteiger partial charge < -0.3 is 0 Å². The van der Waals surface area contributed by atoms with Gasteiger partial charge in [-0.15, -0.1) is 0 Å². The average Bonchev–Trinajstić information content (AvgIpc) is 3.38. The Hall–Kier alpha value is -5.54. The maximum absolute atomic E-state index is 5.40. The van der Waals surface area contributed by atoms with Crippen molar-refractivity contribution < 1.29 is 0 Å². The van der Waals surface area contributed by atoms with Crippen molar-refractivity contribution in [3.05, 3.63) is 152 Å². The summed E-state index contributed by atoms with van der Waals surface area (Å²) in [5.41, 5.74) is 10.1.